The number of hydrogen-bond donors (Lipinski definition) is 1. The fraction of sp³-hybridized carbons (Fsp3) is 0.267. The molecule has 0 unspecified atom stereocenters. The summed E-state index contributed by atoms with van der Waals surface area (Å²) in [5.74, 6) is 1.42. The number of benzene rings is 3. The molecule has 0 fully saturated rings. The first-order valence-corrected chi connectivity index (χ1v) is 12.2. The van der Waals surface area contributed by atoms with Crippen LogP contribution in [0.15, 0.2) is 77.2 Å². The maximum absolute atomic E-state index is 12.0. The third-order valence-electron chi connectivity index (χ3n) is 6.72. The average Bonchev–Trinajstić information content (AvgIpc) is 3.25. The quantitative estimate of drug-likeness (QED) is 0.353. The highest BCUT2D eigenvalue weighted by Gasteiger charge is 2.31. The first-order chi connectivity index (χ1) is 17.5. The number of ether oxygens (including phenoxy) is 1. The van der Waals surface area contributed by atoms with Crippen molar-refractivity contribution >= 4 is 5.97 Å². The van der Waals surface area contributed by atoms with Gasteiger partial charge in [-0.15, -0.1) is 0 Å². The Kier molecular flexibility index (Phi) is 6.87. The van der Waals surface area contributed by atoms with Crippen molar-refractivity contribution in [2.24, 2.45) is 0 Å². The highest BCUT2D eigenvalue weighted by atomic mass is 16.5. The molecule has 0 radical (unpaired) electrons. The van der Waals surface area contributed by atoms with E-state index in [0.29, 0.717) is 38.4 Å². The Morgan fingerprint density at radius 2 is 1.83 bits per heavy atom. The summed E-state index contributed by atoms with van der Waals surface area (Å²) < 4.78 is 11.9. The molecular formula is C30H30N2O4. The zero-order chi connectivity index (χ0) is 25.1. The van der Waals surface area contributed by atoms with Crippen LogP contribution in [0.1, 0.15) is 33.7 Å². The van der Waals surface area contributed by atoms with Crippen LogP contribution in [-0.2, 0) is 30.7 Å². The predicted octanol–water partition coefficient (Wildman–Crippen LogP) is 5.59. The van der Waals surface area contributed by atoms with Gasteiger partial charge in [-0.1, -0.05) is 54.1 Å². The van der Waals surface area contributed by atoms with E-state index in [9.17, 15) is 9.90 Å². The largest absolute Gasteiger partial charge is 0.493 e. The number of aliphatic carboxylic acids is 1. The molecule has 3 aromatic carbocycles. The van der Waals surface area contributed by atoms with Gasteiger partial charge in [-0.25, -0.2) is 4.98 Å². The van der Waals surface area contributed by atoms with Crippen molar-refractivity contribution < 1.29 is 19.1 Å². The highest BCUT2D eigenvalue weighted by molar-refractivity contribution is 5.74. The van der Waals surface area contributed by atoms with Gasteiger partial charge in [0.25, 0.3) is 0 Å². The molecule has 0 saturated heterocycles. The van der Waals surface area contributed by atoms with Crippen molar-refractivity contribution in [3.05, 3.63) is 107 Å². The molecule has 1 aromatic heterocycles. The van der Waals surface area contributed by atoms with Gasteiger partial charge < -0.3 is 14.3 Å². The first-order valence-electron chi connectivity index (χ1n) is 12.2. The monoisotopic (exact) mass is 482 g/mol. The van der Waals surface area contributed by atoms with E-state index in [0.717, 1.165) is 39.5 Å². The van der Waals surface area contributed by atoms with Crippen molar-refractivity contribution in [2.75, 3.05) is 6.61 Å². The second-order valence-corrected chi connectivity index (χ2v) is 9.37. The molecule has 0 saturated carbocycles. The molecule has 36 heavy (non-hydrogen) atoms. The van der Waals surface area contributed by atoms with E-state index in [1.54, 1.807) is 0 Å². The molecule has 6 heteroatoms. The molecular weight excluding hydrogens is 452 g/mol. The molecule has 184 valence electrons. The van der Waals surface area contributed by atoms with Gasteiger partial charge in [-0.3, -0.25) is 9.69 Å². The summed E-state index contributed by atoms with van der Waals surface area (Å²) in [6.07, 6.45) is 1.12. The summed E-state index contributed by atoms with van der Waals surface area (Å²) in [6, 6.07) is 23.6. The molecule has 1 N–H and O–H groups in total. The van der Waals surface area contributed by atoms with Gasteiger partial charge >= 0.3 is 5.97 Å². The number of nitrogens with zero attached hydrogens (tertiary/aromatic N) is 2. The van der Waals surface area contributed by atoms with Crippen LogP contribution in [0.5, 0.6) is 5.75 Å². The SMILES string of the molecule is Cc1ccc(CN2Cc3cc(OCCc4nc(-c5ccccc5)oc4C)ccc3C[C@H]2C(=O)O)cc1. The third kappa shape index (κ3) is 5.34. The van der Waals surface area contributed by atoms with Gasteiger partial charge in [0, 0.05) is 25.1 Å². The number of hydrogen-bond acceptors (Lipinski definition) is 5. The number of aromatic nitrogens is 1. The van der Waals surface area contributed by atoms with Gasteiger partial charge in [0.1, 0.15) is 17.6 Å². The number of carbonyl (C=O) groups is 1. The standard InChI is InChI=1S/C30H30N2O4/c1-20-8-10-22(11-9-20)18-32-19-25-16-26(13-12-24(25)17-28(32)30(33)34)35-15-14-27-21(2)36-29(31-27)23-6-4-3-5-7-23/h3-13,16,28H,14-15,17-19H2,1-2H3,(H,33,34)/t28-/m0/s1. The lowest BCUT2D eigenvalue weighted by Gasteiger charge is -2.34. The lowest BCUT2D eigenvalue weighted by atomic mass is 9.93. The Morgan fingerprint density at radius 3 is 2.58 bits per heavy atom. The van der Waals surface area contributed by atoms with Crippen LogP contribution in [0.4, 0.5) is 0 Å². The van der Waals surface area contributed by atoms with Crippen LogP contribution in [-0.4, -0.2) is 33.6 Å². The van der Waals surface area contributed by atoms with Gasteiger partial charge in [0.2, 0.25) is 5.89 Å². The van der Waals surface area contributed by atoms with Gasteiger partial charge in [-0.05, 0) is 61.2 Å². The Labute approximate surface area is 211 Å². The third-order valence-corrected chi connectivity index (χ3v) is 6.72. The molecule has 0 aliphatic carbocycles. The van der Waals surface area contributed by atoms with E-state index in [-0.39, 0.29) is 0 Å². The maximum Gasteiger partial charge on any atom is 0.321 e. The Morgan fingerprint density at radius 1 is 1.06 bits per heavy atom. The predicted molar refractivity (Wildman–Crippen MR) is 138 cm³/mol. The van der Waals surface area contributed by atoms with Crippen LogP contribution in [0, 0.1) is 13.8 Å². The van der Waals surface area contributed by atoms with E-state index in [1.807, 2.05) is 60.4 Å². The van der Waals surface area contributed by atoms with E-state index >= 15 is 0 Å². The number of carboxylic acid groups (broad SMARTS) is 1. The zero-order valence-electron chi connectivity index (χ0n) is 20.6. The Hall–Kier alpha value is -3.90. The normalized spacial score (nSPS) is 15.4. The van der Waals surface area contributed by atoms with Gasteiger partial charge in [-0.2, -0.15) is 0 Å². The number of oxazole rings is 1. The highest BCUT2D eigenvalue weighted by Crippen LogP contribution is 2.29. The number of aryl methyl sites for hydroxylation is 2. The van der Waals surface area contributed by atoms with Crippen LogP contribution in [0.2, 0.25) is 0 Å². The van der Waals surface area contributed by atoms with Crippen molar-refractivity contribution in [3.63, 3.8) is 0 Å². The summed E-state index contributed by atoms with van der Waals surface area (Å²) in [5.41, 5.74) is 6.32. The molecule has 1 aliphatic heterocycles. The Bertz CT molecular complexity index is 1350. The second-order valence-electron chi connectivity index (χ2n) is 9.37. The van der Waals surface area contributed by atoms with Crippen molar-refractivity contribution in [3.8, 4) is 17.2 Å². The summed E-state index contributed by atoms with van der Waals surface area (Å²) in [7, 11) is 0. The molecule has 6 nitrogen and oxygen atoms in total. The number of carboxylic acids is 1. The lowest BCUT2D eigenvalue weighted by molar-refractivity contribution is -0.144. The average molecular weight is 483 g/mol. The topological polar surface area (TPSA) is 75.8 Å². The van der Waals surface area contributed by atoms with Crippen molar-refractivity contribution in [2.45, 2.75) is 45.8 Å². The van der Waals surface area contributed by atoms with Crippen LogP contribution < -0.4 is 4.74 Å². The van der Waals surface area contributed by atoms with E-state index in [1.165, 1.54) is 5.56 Å². The van der Waals surface area contributed by atoms with Gasteiger partial charge in [0.05, 0.1) is 12.3 Å². The molecule has 5 rings (SSSR count). The van der Waals surface area contributed by atoms with E-state index < -0.39 is 12.0 Å². The minimum atomic E-state index is -0.786. The molecule has 0 amide bonds. The zero-order valence-corrected chi connectivity index (χ0v) is 20.6. The second kappa shape index (κ2) is 10.4. The first kappa shape index (κ1) is 23.8. The molecule has 2 heterocycles. The molecule has 0 spiro atoms. The lowest BCUT2D eigenvalue weighted by Crippen LogP contribution is -2.45. The number of fused-ring (bicyclic) bond motifs is 1. The smallest absolute Gasteiger partial charge is 0.321 e. The minimum absolute atomic E-state index is 0.477. The fourth-order valence-corrected chi connectivity index (χ4v) is 4.67. The van der Waals surface area contributed by atoms with E-state index in [2.05, 4.69) is 36.2 Å². The molecule has 1 atom stereocenters. The summed E-state index contributed by atoms with van der Waals surface area (Å²) in [4.78, 5) is 18.7. The maximum atomic E-state index is 12.0. The van der Waals surface area contributed by atoms with E-state index in [4.69, 9.17) is 9.15 Å². The van der Waals surface area contributed by atoms with Crippen molar-refractivity contribution in [1.82, 2.24) is 9.88 Å². The molecule has 4 aromatic rings. The minimum Gasteiger partial charge on any atom is -0.493 e. The summed E-state index contributed by atoms with van der Waals surface area (Å²) in [6.45, 7) is 5.62. The number of rotatable bonds is 8. The molecule has 0 bridgehead atoms. The fourth-order valence-electron chi connectivity index (χ4n) is 4.67. The summed E-state index contributed by atoms with van der Waals surface area (Å²) in [5, 5.41) is 9.85. The Balaban J connectivity index is 1.25. The molecule has 1 aliphatic rings. The van der Waals surface area contributed by atoms with Crippen LogP contribution >= 0.6 is 0 Å². The van der Waals surface area contributed by atoms with Crippen molar-refractivity contribution in [1.29, 1.82) is 0 Å². The van der Waals surface area contributed by atoms with Crippen LogP contribution in [0.25, 0.3) is 11.5 Å². The van der Waals surface area contributed by atoms with Crippen LogP contribution in [0.3, 0.4) is 0 Å². The summed E-state index contributed by atoms with van der Waals surface area (Å²) >= 11 is 0. The van der Waals surface area contributed by atoms with Gasteiger partial charge in [0.15, 0.2) is 0 Å².